The Labute approximate surface area is 188 Å². The van der Waals surface area contributed by atoms with E-state index in [1.165, 1.54) is 0 Å². The Balaban J connectivity index is 1.73. The normalized spacial score (nSPS) is 11.7. The molecule has 1 heterocycles. The molecule has 1 unspecified atom stereocenters. The topological polar surface area (TPSA) is 77.5 Å². The highest BCUT2D eigenvalue weighted by atomic mass is 16.6. The fourth-order valence-corrected chi connectivity index (χ4v) is 2.93. The molecule has 0 radical (unpaired) electrons. The zero-order valence-corrected chi connectivity index (χ0v) is 18.4. The SMILES string of the molecule is CC(C)(C)OC(=O)NC(CC#Cc1nccc2ccccc12)C(=O)OCc1ccccc1. The summed E-state index contributed by atoms with van der Waals surface area (Å²) < 4.78 is 10.7. The monoisotopic (exact) mass is 430 g/mol. The van der Waals surface area contributed by atoms with Gasteiger partial charge in [0.2, 0.25) is 0 Å². The van der Waals surface area contributed by atoms with Gasteiger partial charge in [-0.05, 0) is 43.7 Å². The summed E-state index contributed by atoms with van der Waals surface area (Å²) in [6.07, 6.45) is 1.04. The summed E-state index contributed by atoms with van der Waals surface area (Å²) >= 11 is 0. The molecule has 164 valence electrons. The van der Waals surface area contributed by atoms with E-state index < -0.39 is 23.7 Å². The number of hydrogen-bond donors (Lipinski definition) is 1. The largest absolute Gasteiger partial charge is 0.459 e. The summed E-state index contributed by atoms with van der Waals surface area (Å²) in [6.45, 7) is 5.36. The Hall–Kier alpha value is -3.85. The number of carbonyl (C=O) groups excluding carboxylic acids is 2. The van der Waals surface area contributed by atoms with Crippen LogP contribution in [0.1, 0.15) is 38.4 Å². The van der Waals surface area contributed by atoms with Gasteiger partial charge in [0.1, 0.15) is 23.9 Å². The van der Waals surface area contributed by atoms with Gasteiger partial charge in [0.15, 0.2) is 0 Å². The molecule has 0 fully saturated rings. The number of nitrogens with one attached hydrogen (secondary N) is 1. The van der Waals surface area contributed by atoms with Crippen molar-refractivity contribution in [2.24, 2.45) is 0 Å². The van der Waals surface area contributed by atoms with E-state index in [0.717, 1.165) is 16.3 Å². The van der Waals surface area contributed by atoms with E-state index >= 15 is 0 Å². The summed E-state index contributed by atoms with van der Waals surface area (Å²) in [5.41, 5.74) is 0.765. The van der Waals surface area contributed by atoms with E-state index in [1.54, 1.807) is 27.0 Å². The maximum atomic E-state index is 12.7. The summed E-state index contributed by atoms with van der Waals surface area (Å²) in [5.74, 6) is 5.38. The molecule has 3 aromatic rings. The van der Waals surface area contributed by atoms with Crippen LogP contribution in [0.3, 0.4) is 0 Å². The molecule has 6 heteroatoms. The van der Waals surface area contributed by atoms with Crippen LogP contribution < -0.4 is 5.32 Å². The van der Waals surface area contributed by atoms with Gasteiger partial charge in [-0.25, -0.2) is 14.6 Å². The third-order valence-corrected chi connectivity index (χ3v) is 4.39. The van der Waals surface area contributed by atoms with Gasteiger partial charge in [0, 0.05) is 18.0 Å². The van der Waals surface area contributed by atoms with Crippen LogP contribution in [0, 0.1) is 11.8 Å². The molecule has 0 bridgehead atoms. The van der Waals surface area contributed by atoms with E-state index in [9.17, 15) is 9.59 Å². The fraction of sp³-hybridized carbons (Fsp3) is 0.269. The highest BCUT2D eigenvalue weighted by Crippen LogP contribution is 2.15. The van der Waals surface area contributed by atoms with Crippen molar-refractivity contribution in [3.8, 4) is 11.8 Å². The van der Waals surface area contributed by atoms with Crippen LogP contribution in [0.25, 0.3) is 10.8 Å². The van der Waals surface area contributed by atoms with Crippen molar-refractivity contribution in [2.45, 2.75) is 45.4 Å². The predicted molar refractivity (Wildman–Crippen MR) is 123 cm³/mol. The third kappa shape index (κ3) is 6.85. The van der Waals surface area contributed by atoms with Gasteiger partial charge in [-0.2, -0.15) is 0 Å². The van der Waals surface area contributed by atoms with Crippen molar-refractivity contribution in [2.75, 3.05) is 0 Å². The van der Waals surface area contributed by atoms with Gasteiger partial charge < -0.3 is 14.8 Å². The molecule has 6 nitrogen and oxygen atoms in total. The number of pyridine rings is 1. The number of ether oxygens (including phenoxy) is 2. The van der Waals surface area contributed by atoms with Gasteiger partial charge in [-0.1, -0.05) is 60.5 Å². The lowest BCUT2D eigenvalue weighted by atomic mass is 10.1. The van der Waals surface area contributed by atoms with Gasteiger partial charge >= 0.3 is 12.1 Å². The summed E-state index contributed by atoms with van der Waals surface area (Å²) in [6, 6.07) is 18.0. The Morgan fingerprint density at radius 2 is 1.75 bits per heavy atom. The first-order valence-electron chi connectivity index (χ1n) is 10.3. The van der Waals surface area contributed by atoms with E-state index in [4.69, 9.17) is 9.47 Å². The molecule has 3 rings (SSSR count). The highest BCUT2D eigenvalue weighted by Gasteiger charge is 2.25. The molecule has 1 atom stereocenters. The molecule has 1 aromatic heterocycles. The third-order valence-electron chi connectivity index (χ3n) is 4.39. The van der Waals surface area contributed by atoms with E-state index in [-0.39, 0.29) is 13.0 Å². The number of aromatic nitrogens is 1. The number of carbonyl (C=O) groups is 2. The average Bonchev–Trinajstić information content (AvgIpc) is 2.76. The van der Waals surface area contributed by atoms with Crippen LogP contribution >= 0.6 is 0 Å². The van der Waals surface area contributed by atoms with Crippen molar-refractivity contribution >= 4 is 22.8 Å². The Morgan fingerprint density at radius 3 is 2.50 bits per heavy atom. The molecule has 0 spiro atoms. The minimum absolute atomic E-state index is 0.0533. The molecule has 2 aromatic carbocycles. The Kier molecular flexibility index (Phi) is 7.45. The van der Waals surface area contributed by atoms with Gasteiger partial charge in [-0.15, -0.1) is 0 Å². The van der Waals surface area contributed by atoms with Crippen molar-refractivity contribution in [1.82, 2.24) is 10.3 Å². The van der Waals surface area contributed by atoms with Crippen molar-refractivity contribution < 1.29 is 19.1 Å². The van der Waals surface area contributed by atoms with Gasteiger partial charge in [-0.3, -0.25) is 0 Å². The first-order valence-corrected chi connectivity index (χ1v) is 10.3. The molecule has 1 amide bonds. The van der Waals surface area contributed by atoms with E-state index in [1.807, 2.05) is 60.7 Å². The zero-order chi connectivity index (χ0) is 23.0. The molecule has 0 saturated heterocycles. The van der Waals surface area contributed by atoms with Crippen LogP contribution in [-0.4, -0.2) is 28.7 Å². The molecular weight excluding hydrogens is 404 g/mol. The first-order chi connectivity index (χ1) is 15.3. The van der Waals surface area contributed by atoms with Crippen molar-refractivity contribution in [3.05, 3.63) is 78.1 Å². The maximum absolute atomic E-state index is 12.7. The second-order valence-corrected chi connectivity index (χ2v) is 8.18. The standard InChI is InChI=1S/C26H26N2O4/c1-26(2,3)32-25(30)28-23(24(29)31-18-19-10-5-4-6-11-19)15-9-14-22-21-13-8-7-12-20(21)16-17-27-22/h4-8,10-13,16-17,23H,15,18H2,1-3H3,(H,28,30). The quantitative estimate of drug-likeness (QED) is 0.472. The second-order valence-electron chi connectivity index (χ2n) is 8.18. The maximum Gasteiger partial charge on any atom is 0.408 e. The van der Waals surface area contributed by atoms with Crippen LogP contribution in [0.5, 0.6) is 0 Å². The number of hydrogen-bond acceptors (Lipinski definition) is 5. The van der Waals surface area contributed by atoms with Crippen LogP contribution in [-0.2, 0) is 20.9 Å². The Bertz CT molecular complexity index is 1140. The molecule has 0 aliphatic heterocycles. The van der Waals surface area contributed by atoms with Crippen LogP contribution in [0.2, 0.25) is 0 Å². The summed E-state index contributed by atoms with van der Waals surface area (Å²) in [5, 5.41) is 4.52. The van der Waals surface area contributed by atoms with Crippen molar-refractivity contribution in [3.63, 3.8) is 0 Å². The molecule has 0 aliphatic carbocycles. The lowest BCUT2D eigenvalue weighted by Crippen LogP contribution is -2.44. The number of alkyl carbamates (subject to hydrolysis) is 1. The number of benzene rings is 2. The smallest absolute Gasteiger partial charge is 0.408 e. The van der Waals surface area contributed by atoms with E-state index in [2.05, 4.69) is 22.1 Å². The lowest BCUT2D eigenvalue weighted by Gasteiger charge is -2.22. The number of esters is 1. The fourth-order valence-electron chi connectivity index (χ4n) is 2.93. The molecule has 32 heavy (non-hydrogen) atoms. The second kappa shape index (κ2) is 10.5. The molecule has 0 saturated carbocycles. The minimum Gasteiger partial charge on any atom is -0.459 e. The minimum atomic E-state index is -0.976. The highest BCUT2D eigenvalue weighted by molar-refractivity contribution is 5.86. The van der Waals surface area contributed by atoms with Crippen LogP contribution in [0.4, 0.5) is 4.79 Å². The number of amides is 1. The zero-order valence-electron chi connectivity index (χ0n) is 18.4. The van der Waals surface area contributed by atoms with Gasteiger partial charge in [0.25, 0.3) is 0 Å². The molecule has 1 N–H and O–H groups in total. The lowest BCUT2D eigenvalue weighted by molar-refractivity contribution is -0.147. The summed E-state index contributed by atoms with van der Waals surface area (Å²) in [7, 11) is 0. The van der Waals surface area contributed by atoms with E-state index in [0.29, 0.717) is 5.69 Å². The Morgan fingerprint density at radius 1 is 1.03 bits per heavy atom. The van der Waals surface area contributed by atoms with Crippen molar-refractivity contribution in [1.29, 1.82) is 0 Å². The number of fused-ring (bicyclic) bond motifs is 1. The average molecular weight is 431 g/mol. The number of nitrogens with zero attached hydrogens (tertiary/aromatic N) is 1. The van der Waals surface area contributed by atoms with Gasteiger partial charge in [0.05, 0.1) is 0 Å². The van der Waals surface area contributed by atoms with Crippen LogP contribution in [0.15, 0.2) is 66.9 Å². The predicted octanol–water partition coefficient (Wildman–Crippen LogP) is 4.61. The molecule has 0 aliphatic rings. The molecular formula is C26H26N2O4. The first kappa shape index (κ1) is 22.8. The summed E-state index contributed by atoms with van der Waals surface area (Å²) in [4.78, 5) is 29.3. The number of rotatable bonds is 5.